The van der Waals surface area contributed by atoms with Crippen LogP contribution in [0.5, 0.6) is 0 Å². The molecule has 3 nitrogen and oxygen atoms in total. The summed E-state index contributed by atoms with van der Waals surface area (Å²) in [6, 6.07) is 0. The van der Waals surface area contributed by atoms with Gasteiger partial charge >= 0.3 is 0 Å². The molecule has 0 saturated carbocycles. The standard InChI is InChI=1S/C8H16O3/c1-8(7-11,4-6-10)3-2-5-9/h6,9,11H,2-5,7H2,1H3. The first kappa shape index (κ1) is 10.6. The van der Waals surface area contributed by atoms with Gasteiger partial charge in [-0.25, -0.2) is 0 Å². The third-order valence-corrected chi connectivity index (χ3v) is 1.90. The van der Waals surface area contributed by atoms with E-state index in [0.717, 1.165) is 6.29 Å². The Kier molecular flexibility index (Phi) is 5.07. The van der Waals surface area contributed by atoms with E-state index in [0.29, 0.717) is 19.3 Å². The molecule has 0 spiro atoms. The monoisotopic (exact) mass is 160 g/mol. The van der Waals surface area contributed by atoms with Gasteiger partial charge in [-0.2, -0.15) is 0 Å². The molecule has 0 aliphatic carbocycles. The van der Waals surface area contributed by atoms with Crippen molar-refractivity contribution in [1.29, 1.82) is 0 Å². The molecule has 0 fully saturated rings. The van der Waals surface area contributed by atoms with Crippen molar-refractivity contribution >= 4 is 6.29 Å². The van der Waals surface area contributed by atoms with Gasteiger partial charge in [0, 0.05) is 19.6 Å². The number of aliphatic hydroxyl groups excluding tert-OH is 2. The average Bonchev–Trinajstić information content (AvgIpc) is 2.02. The number of carbonyl (C=O) groups is 1. The van der Waals surface area contributed by atoms with Crippen molar-refractivity contribution in [2.75, 3.05) is 13.2 Å². The number of hydrogen-bond donors (Lipinski definition) is 2. The van der Waals surface area contributed by atoms with Crippen LogP contribution in [-0.2, 0) is 4.79 Å². The van der Waals surface area contributed by atoms with Crippen LogP contribution in [0.15, 0.2) is 0 Å². The highest BCUT2D eigenvalue weighted by Gasteiger charge is 2.21. The maximum atomic E-state index is 10.2. The molecule has 0 rings (SSSR count). The number of aliphatic hydroxyl groups is 2. The Bertz CT molecular complexity index is 114. The van der Waals surface area contributed by atoms with Gasteiger partial charge in [0.15, 0.2) is 0 Å². The minimum Gasteiger partial charge on any atom is -0.396 e. The Morgan fingerprint density at radius 3 is 2.45 bits per heavy atom. The molecule has 66 valence electrons. The van der Waals surface area contributed by atoms with Gasteiger partial charge in [-0.3, -0.25) is 0 Å². The zero-order valence-electron chi connectivity index (χ0n) is 6.92. The molecular weight excluding hydrogens is 144 g/mol. The predicted octanol–water partition coefficient (Wildman–Crippen LogP) is 0.347. The van der Waals surface area contributed by atoms with Crippen molar-refractivity contribution in [2.24, 2.45) is 5.41 Å². The van der Waals surface area contributed by atoms with Crippen molar-refractivity contribution in [2.45, 2.75) is 26.2 Å². The molecule has 0 aromatic heterocycles. The Morgan fingerprint density at radius 2 is 2.09 bits per heavy atom. The summed E-state index contributed by atoms with van der Waals surface area (Å²) in [7, 11) is 0. The van der Waals surface area contributed by atoms with Crippen LogP contribution in [0.3, 0.4) is 0 Å². The van der Waals surface area contributed by atoms with E-state index in [1.54, 1.807) is 0 Å². The summed E-state index contributed by atoms with van der Waals surface area (Å²) in [5.74, 6) is 0. The van der Waals surface area contributed by atoms with Crippen LogP contribution in [0.2, 0.25) is 0 Å². The highest BCUT2D eigenvalue weighted by Crippen LogP contribution is 2.25. The van der Waals surface area contributed by atoms with Crippen molar-refractivity contribution in [3.05, 3.63) is 0 Å². The summed E-state index contributed by atoms with van der Waals surface area (Å²) in [5.41, 5.74) is -0.329. The van der Waals surface area contributed by atoms with Crippen LogP contribution in [0.1, 0.15) is 26.2 Å². The molecule has 0 heterocycles. The fourth-order valence-corrected chi connectivity index (χ4v) is 0.953. The summed E-state index contributed by atoms with van der Waals surface area (Å²) in [5, 5.41) is 17.4. The topological polar surface area (TPSA) is 57.5 Å². The van der Waals surface area contributed by atoms with Gasteiger partial charge in [-0.05, 0) is 18.3 Å². The Labute approximate surface area is 67.0 Å². The van der Waals surface area contributed by atoms with Crippen molar-refractivity contribution in [1.82, 2.24) is 0 Å². The first-order chi connectivity index (χ1) is 5.18. The first-order valence-electron chi connectivity index (χ1n) is 3.84. The van der Waals surface area contributed by atoms with Gasteiger partial charge in [0.05, 0.1) is 0 Å². The SMILES string of the molecule is CC(CO)(CC=O)CCCO. The second-order valence-electron chi connectivity index (χ2n) is 3.17. The summed E-state index contributed by atoms with van der Waals surface area (Å²) in [6.45, 7) is 1.97. The average molecular weight is 160 g/mol. The predicted molar refractivity (Wildman–Crippen MR) is 42.2 cm³/mol. The van der Waals surface area contributed by atoms with Crippen molar-refractivity contribution < 1.29 is 15.0 Å². The largest absolute Gasteiger partial charge is 0.396 e. The number of aldehydes is 1. The normalized spacial score (nSPS) is 15.9. The van der Waals surface area contributed by atoms with Crippen LogP contribution in [-0.4, -0.2) is 29.7 Å². The van der Waals surface area contributed by atoms with E-state index in [-0.39, 0.29) is 18.6 Å². The maximum absolute atomic E-state index is 10.2. The lowest BCUT2D eigenvalue weighted by Crippen LogP contribution is -2.22. The van der Waals surface area contributed by atoms with Crippen molar-refractivity contribution in [3.8, 4) is 0 Å². The fourth-order valence-electron chi connectivity index (χ4n) is 0.953. The third-order valence-electron chi connectivity index (χ3n) is 1.90. The number of rotatable bonds is 6. The van der Waals surface area contributed by atoms with E-state index in [1.807, 2.05) is 6.92 Å². The highest BCUT2D eigenvalue weighted by molar-refractivity contribution is 5.50. The minimum absolute atomic E-state index is 0.00569. The van der Waals surface area contributed by atoms with E-state index in [9.17, 15) is 4.79 Å². The molecule has 0 aliphatic heterocycles. The Morgan fingerprint density at radius 1 is 1.45 bits per heavy atom. The molecule has 1 unspecified atom stereocenters. The molecule has 1 atom stereocenters. The van der Waals surface area contributed by atoms with Crippen molar-refractivity contribution in [3.63, 3.8) is 0 Å². The van der Waals surface area contributed by atoms with Gasteiger partial charge in [0.2, 0.25) is 0 Å². The smallest absolute Gasteiger partial charge is 0.120 e. The lowest BCUT2D eigenvalue weighted by Gasteiger charge is -2.23. The fraction of sp³-hybridized carbons (Fsp3) is 0.875. The summed E-state index contributed by atoms with van der Waals surface area (Å²) >= 11 is 0. The second kappa shape index (κ2) is 5.27. The third kappa shape index (κ3) is 4.11. The van der Waals surface area contributed by atoms with Gasteiger partial charge in [-0.1, -0.05) is 6.92 Å². The van der Waals surface area contributed by atoms with Crippen LogP contribution in [0, 0.1) is 5.41 Å². The van der Waals surface area contributed by atoms with Crippen LogP contribution in [0.25, 0.3) is 0 Å². The maximum Gasteiger partial charge on any atom is 0.120 e. The molecule has 0 radical (unpaired) electrons. The highest BCUT2D eigenvalue weighted by atomic mass is 16.3. The summed E-state index contributed by atoms with van der Waals surface area (Å²) < 4.78 is 0. The lowest BCUT2D eigenvalue weighted by molar-refractivity contribution is -0.110. The summed E-state index contributed by atoms with van der Waals surface area (Å²) in [6.07, 6.45) is 2.51. The summed E-state index contributed by atoms with van der Waals surface area (Å²) in [4.78, 5) is 10.2. The van der Waals surface area contributed by atoms with Gasteiger partial charge in [0.1, 0.15) is 6.29 Å². The molecule has 0 amide bonds. The second-order valence-corrected chi connectivity index (χ2v) is 3.17. The van der Waals surface area contributed by atoms with Crippen LogP contribution >= 0.6 is 0 Å². The zero-order valence-corrected chi connectivity index (χ0v) is 6.92. The molecule has 0 aliphatic rings. The van der Waals surface area contributed by atoms with E-state index in [4.69, 9.17) is 10.2 Å². The number of hydrogen-bond acceptors (Lipinski definition) is 3. The van der Waals surface area contributed by atoms with Crippen LogP contribution in [0.4, 0.5) is 0 Å². The minimum atomic E-state index is -0.329. The molecule has 2 N–H and O–H groups in total. The lowest BCUT2D eigenvalue weighted by atomic mass is 9.84. The van der Waals surface area contributed by atoms with Gasteiger partial charge in [0.25, 0.3) is 0 Å². The quantitative estimate of drug-likeness (QED) is 0.551. The number of carbonyl (C=O) groups excluding carboxylic acids is 1. The molecule has 3 heteroatoms. The van der Waals surface area contributed by atoms with E-state index >= 15 is 0 Å². The molecular formula is C8H16O3. The molecule has 11 heavy (non-hydrogen) atoms. The van der Waals surface area contributed by atoms with E-state index < -0.39 is 0 Å². The molecule has 0 bridgehead atoms. The van der Waals surface area contributed by atoms with Crippen LogP contribution < -0.4 is 0 Å². The molecule has 0 aromatic carbocycles. The van der Waals surface area contributed by atoms with Gasteiger partial charge in [-0.15, -0.1) is 0 Å². The molecule has 0 saturated heterocycles. The Hall–Kier alpha value is -0.410. The zero-order chi connectivity index (χ0) is 8.74. The molecule has 0 aromatic rings. The van der Waals surface area contributed by atoms with E-state index in [1.165, 1.54) is 0 Å². The first-order valence-corrected chi connectivity index (χ1v) is 3.84. The Balaban J connectivity index is 3.77. The van der Waals surface area contributed by atoms with Gasteiger partial charge < -0.3 is 15.0 Å². The van der Waals surface area contributed by atoms with E-state index in [2.05, 4.69) is 0 Å².